The number of carbonyl (C=O) groups excluding carboxylic acids is 1. The van der Waals surface area contributed by atoms with Crippen molar-refractivity contribution in [3.8, 4) is 136 Å². The monoisotopic (exact) mass is 1510 g/mol. The van der Waals surface area contributed by atoms with E-state index in [0.717, 1.165) is 80.6 Å². The number of benzene rings is 6. The van der Waals surface area contributed by atoms with Gasteiger partial charge in [0.05, 0.1) is 109 Å². The number of H-pyrrole nitrogens is 6. The fourth-order valence-electron chi connectivity index (χ4n) is 10.8. The highest BCUT2D eigenvalue weighted by atomic mass is 19.2. The number of esters is 1. The van der Waals surface area contributed by atoms with Gasteiger partial charge in [-0.15, -0.1) is 0 Å². The fourth-order valence-corrected chi connectivity index (χ4v) is 10.8. The number of ether oxygens (including phenoxy) is 5. The molecule has 0 saturated heterocycles. The summed E-state index contributed by atoms with van der Waals surface area (Å²) in [7, 11) is 7.71. The van der Waals surface area contributed by atoms with Crippen molar-refractivity contribution in [1.82, 2.24) is 85.7 Å². The van der Waals surface area contributed by atoms with Crippen LogP contribution in [0.5, 0.6) is 23.0 Å². The molecule has 8 N–H and O–H groups in total. The number of methoxy groups -OCH3 is 4. The number of aryl methyl sites for hydroxylation is 1. The quantitative estimate of drug-likeness (QED) is 0.0238. The normalized spacial score (nSPS) is 10.5. The molecule has 25 nitrogen and oxygen atoms in total. The lowest BCUT2D eigenvalue weighted by molar-refractivity contribution is 0.00621. The lowest BCUT2D eigenvalue weighted by Gasteiger charge is -2.07. The van der Waals surface area contributed by atoms with Crippen LogP contribution in [0.25, 0.3) is 113 Å². The molecule has 16 rings (SSSR count). The van der Waals surface area contributed by atoms with Gasteiger partial charge < -0.3 is 38.5 Å². The molecule has 0 aliphatic heterocycles. The van der Waals surface area contributed by atoms with Gasteiger partial charge in [0.1, 0.15) is 51.8 Å². The van der Waals surface area contributed by atoms with E-state index in [4.69, 9.17) is 29.2 Å². The van der Waals surface area contributed by atoms with Crippen molar-refractivity contribution in [2.75, 3.05) is 35.2 Å². The topological polar surface area (TPSA) is 332 Å². The summed E-state index contributed by atoms with van der Waals surface area (Å²) in [6.07, 6.45) is 8.75. The van der Waals surface area contributed by atoms with Crippen LogP contribution in [0.2, 0.25) is 0 Å². The number of aromatic amines is 6. The summed E-state index contributed by atoms with van der Waals surface area (Å²) in [5.41, 5.74) is 13.1. The maximum absolute atomic E-state index is 13.7. The Balaban J connectivity index is 0.000000132. The summed E-state index contributed by atoms with van der Waals surface area (Å²) < 4.78 is 107. The molecule has 0 aliphatic rings. The van der Waals surface area contributed by atoms with Crippen LogP contribution in [0.4, 0.5) is 26.3 Å². The van der Waals surface area contributed by atoms with Gasteiger partial charge in [-0.1, -0.05) is 66.7 Å². The molecular formula is C80H67F6N17O8. The number of aliphatic hydroxyl groups excluding tert-OH is 2. The zero-order valence-corrected chi connectivity index (χ0v) is 59.5. The van der Waals surface area contributed by atoms with Crippen LogP contribution in [0.3, 0.4) is 0 Å². The third kappa shape index (κ3) is 19.9. The highest BCUT2D eigenvalue weighted by molar-refractivity contribution is 5.89. The molecule has 31 heteroatoms. The number of hydrogen-bond donors (Lipinski definition) is 8. The first-order chi connectivity index (χ1) is 54.0. The van der Waals surface area contributed by atoms with E-state index in [9.17, 15) is 31.1 Å². The second kappa shape index (κ2) is 37.6. The predicted molar refractivity (Wildman–Crippen MR) is 400 cm³/mol. The molecule has 0 unspecified atom stereocenters. The van der Waals surface area contributed by atoms with Gasteiger partial charge in [0.25, 0.3) is 0 Å². The second-order valence-electron chi connectivity index (χ2n) is 23.2. The number of aliphatic hydroxyl groups is 2. The lowest BCUT2D eigenvalue weighted by atomic mass is 10.1. The Morgan fingerprint density at radius 3 is 1.33 bits per heavy atom. The summed E-state index contributed by atoms with van der Waals surface area (Å²) in [5.74, 6) is -2.22. The summed E-state index contributed by atoms with van der Waals surface area (Å²) in [6, 6.07) is 58.4. The molecule has 10 heterocycles. The molecule has 0 radical (unpaired) electrons. The van der Waals surface area contributed by atoms with E-state index in [-0.39, 0.29) is 40.7 Å². The van der Waals surface area contributed by atoms with Gasteiger partial charge in [0.15, 0.2) is 35.8 Å². The predicted octanol–water partition coefficient (Wildman–Crippen LogP) is 15.5. The Kier molecular flexibility index (Phi) is 26.2. The fraction of sp³-hybridized carbons (Fsp3) is 0.0875. The molecule has 562 valence electrons. The summed E-state index contributed by atoms with van der Waals surface area (Å²) in [6.45, 7) is -0.704. The third-order valence-corrected chi connectivity index (χ3v) is 16.0. The molecule has 0 saturated carbocycles. The number of imidazole rings is 1. The van der Waals surface area contributed by atoms with Crippen LogP contribution in [-0.2, 0) is 18.4 Å². The van der Waals surface area contributed by atoms with Crippen LogP contribution in [-0.4, -0.2) is 137 Å². The standard InChI is InChI=1S/C16H11F3N2O.C15H11F2N3O.C13H11FN4.C13H10N4.C12H12N2O4.C11H12N2O2/c1-22-16-12(6-11(18)7-13(16)19)15-8-14(20-21-15)9-3-2-4-10(17)5-9;1-21-15-10(6-9(16)7-11(15)17)13-8-14(20-19-13)12-4-2-3-5-18-12;1-18-6-5-15-13(18)12-8-11(16-17-12)9-3-2-4-10(14)7-9;1-3-7-14-10(5-1)12-9-13(17-16-12)11-6-2-4-8-15-11;1-17-11-5-3-2-4-8(11)9-6-10(14-13-9)12(16)18-7-15;1-15-11-5-3-2-4-9(11)10-6-8(7-14)12-13-10/h2-8H,1H3,(H,20,21);2-8H,1H3,(H,19,20);2-8H,1H3,(H,16,17);1-9H,(H,16,17);2-6,15H,7H2,1H3,(H,13,14);2-6,14H,7H2,1H3,(H,12,13). The Morgan fingerprint density at radius 1 is 0.378 bits per heavy atom. The van der Waals surface area contributed by atoms with E-state index < -0.39 is 41.8 Å². The molecule has 0 spiro atoms. The minimum absolute atomic E-state index is 0.0395. The average Bonchev–Trinajstić information content (AvgIpc) is 1.72. The summed E-state index contributed by atoms with van der Waals surface area (Å²) in [4.78, 5) is 28.3. The van der Waals surface area contributed by atoms with Crippen LogP contribution >= 0.6 is 0 Å². The smallest absolute Gasteiger partial charge is 0.358 e. The van der Waals surface area contributed by atoms with Crippen LogP contribution in [0.1, 0.15) is 16.2 Å². The average molecular weight is 1510 g/mol. The second-order valence-corrected chi connectivity index (χ2v) is 23.2. The maximum Gasteiger partial charge on any atom is 0.358 e. The molecule has 0 atom stereocenters. The number of nitrogens with one attached hydrogen (secondary N) is 6. The van der Waals surface area contributed by atoms with E-state index in [1.54, 1.807) is 93.6 Å². The first-order valence-electron chi connectivity index (χ1n) is 33.3. The van der Waals surface area contributed by atoms with Crippen LogP contribution in [0, 0.1) is 34.9 Å². The first-order valence-corrected chi connectivity index (χ1v) is 33.3. The molecule has 0 aliphatic carbocycles. The number of nitrogens with zero attached hydrogens (tertiary/aromatic N) is 11. The van der Waals surface area contributed by atoms with Crippen LogP contribution in [0.15, 0.2) is 243 Å². The van der Waals surface area contributed by atoms with Crippen molar-refractivity contribution < 1.29 is 65.0 Å². The summed E-state index contributed by atoms with van der Waals surface area (Å²) >= 11 is 0. The van der Waals surface area contributed by atoms with Crippen molar-refractivity contribution >= 4 is 5.97 Å². The first kappa shape index (κ1) is 77.5. The van der Waals surface area contributed by atoms with E-state index in [0.29, 0.717) is 56.9 Å². The lowest BCUT2D eigenvalue weighted by Crippen LogP contribution is -2.05. The number of pyridine rings is 3. The number of carbonyl (C=O) groups is 1. The van der Waals surface area contributed by atoms with E-state index in [2.05, 4.69) is 85.9 Å². The Hall–Kier alpha value is -14.6. The van der Waals surface area contributed by atoms with Gasteiger partial charge in [-0.05, 0) is 133 Å². The van der Waals surface area contributed by atoms with Gasteiger partial charge in [-0.2, -0.15) is 30.6 Å². The number of hydrogen-bond acceptors (Lipinski definition) is 18. The molecular weight excluding hydrogens is 1440 g/mol. The van der Waals surface area contributed by atoms with Crippen molar-refractivity contribution in [2.24, 2.45) is 7.05 Å². The Morgan fingerprint density at radius 2 is 0.829 bits per heavy atom. The van der Waals surface area contributed by atoms with E-state index >= 15 is 0 Å². The van der Waals surface area contributed by atoms with Gasteiger partial charge in [0, 0.05) is 78.0 Å². The SMILES string of the molecule is COc1c(F)cc(F)cc1-c1cc(-c2cccc(F)c2)n[nH]1.COc1c(F)cc(F)cc1-c1cc(-c2ccccn2)[nH]n1.COc1ccccc1-c1cc(C(=O)OCO)[nH]n1.COc1ccccc1-c1cc(CO)[nH]n1.Cn1ccnc1-c1cc(-c2cccc(F)c2)n[nH]1.c1ccc(-c2cc(-c3ccccn3)[nH]n2)nc1. The minimum Gasteiger partial charge on any atom is -0.496 e. The minimum atomic E-state index is -0.806. The van der Waals surface area contributed by atoms with Gasteiger partial charge in [0.2, 0.25) is 0 Å². The highest BCUT2D eigenvalue weighted by Crippen LogP contribution is 2.37. The van der Waals surface area contributed by atoms with Gasteiger partial charge in [-0.25, -0.2) is 36.1 Å². The zero-order chi connectivity index (χ0) is 78.2. The molecule has 0 amide bonds. The maximum atomic E-state index is 13.7. The third-order valence-electron chi connectivity index (χ3n) is 16.0. The highest BCUT2D eigenvalue weighted by Gasteiger charge is 2.20. The van der Waals surface area contributed by atoms with E-state index in [1.165, 1.54) is 50.6 Å². The molecule has 0 fully saturated rings. The summed E-state index contributed by atoms with van der Waals surface area (Å²) in [5, 5.41) is 58.7. The zero-order valence-electron chi connectivity index (χ0n) is 59.5. The molecule has 10 aromatic heterocycles. The number of rotatable bonds is 17. The molecule has 0 bridgehead atoms. The van der Waals surface area contributed by atoms with Gasteiger partial charge >= 0.3 is 5.97 Å². The Labute approximate surface area is 628 Å². The van der Waals surface area contributed by atoms with Crippen molar-refractivity contribution in [3.05, 3.63) is 290 Å². The molecule has 16 aromatic rings. The number of aromatic nitrogens is 17. The Bertz CT molecular complexity index is 5620. The largest absolute Gasteiger partial charge is 0.496 e. The van der Waals surface area contributed by atoms with E-state index in [1.807, 2.05) is 121 Å². The number of para-hydroxylation sites is 2. The number of halogens is 6. The van der Waals surface area contributed by atoms with Crippen molar-refractivity contribution in [1.29, 1.82) is 0 Å². The van der Waals surface area contributed by atoms with Crippen molar-refractivity contribution in [3.63, 3.8) is 0 Å². The molecule has 6 aromatic carbocycles. The molecule has 111 heavy (non-hydrogen) atoms. The van der Waals surface area contributed by atoms with Gasteiger partial charge in [-0.3, -0.25) is 45.5 Å². The van der Waals surface area contributed by atoms with Crippen molar-refractivity contribution in [2.45, 2.75) is 6.61 Å². The van der Waals surface area contributed by atoms with Crippen LogP contribution < -0.4 is 18.9 Å².